The van der Waals surface area contributed by atoms with Gasteiger partial charge in [-0.25, -0.2) is 4.79 Å². The van der Waals surface area contributed by atoms with E-state index in [1.54, 1.807) is 31.3 Å². The van der Waals surface area contributed by atoms with E-state index in [2.05, 4.69) is 0 Å². The Balaban J connectivity index is 2.05. The van der Waals surface area contributed by atoms with Crippen LogP contribution in [0.25, 0.3) is 0 Å². The molecule has 1 aromatic carbocycles. The zero-order valence-corrected chi connectivity index (χ0v) is 13.6. The van der Waals surface area contributed by atoms with Crippen molar-refractivity contribution in [1.29, 1.82) is 0 Å². The minimum absolute atomic E-state index is 0.216. The number of carbonyl (C=O) groups is 2. The van der Waals surface area contributed by atoms with Crippen LogP contribution in [0.5, 0.6) is 11.5 Å². The molecule has 0 atom stereocenters. The summed E-state index contributed by atoms with van der Waals surface area (Å²) >= 11 is 0. The Morgan fingerprint density at radius 2 is 1.78 bits per heavy atom. The summed E-state index contributed by atoms with van der Waals surface area (Å²) in [6, 6.07) is 7.04. The quantitative estimate of drug-likeness (QED) is 0.870. The smallest absolute Gasteiger partial charge is 0.329 e. The second-order valence-corrected chi connectivity index (χ2v) is 5.79. The summed E-state index contributed by atoms with van der Waals surface area (Å²) in [7, 11) is 3.07. The molecule has 6 heteroatoms. The fourth-order valence-electron chi connectivity index (χ4n) is 3.04. The molecule has 1 amide bonds. The Morgan fingerprint density at radius 3 is 2.35 bits per heavy atom. The van der Waals surface area contributed by atoms with Crippen LogP contribution in [0.15, 0.2) is 24.3 Å². The second-order valence-electron chi connectivity index (χ2n) is 5.79. The number of methoxy groups -OCH3 is 1. The van der Waals surface area contributed by atoms with Crippen molar-refractivity contribution >= 4 is 11.9 Å². The van der Waals surface area contributed by atoms with Crippen molar-refractivity contribution in [3.05, 3.63) is 24.3 Å². The average Bonchev–Trinajstić information content (AvgIpc) is 2.59. The number of likely N-dealkylation sites (N-methyl/N-ethyl adjacent to an activating group) is 1. The summed E-state index contributed by atoms with van der Waals surface area (Å²) in [6.45, 7) is -0.216. The third-order valence-corrected chi connectivity index (χ3v) is 4.52. The third kappa shape index (κ3) is 3.57. The van der Waals surface area contributed by atoms with Gasteiger partial charge in [-0.3, -0.25) is 4.79 Å². The number of carboxylic acids is 1. The lowest BCUT2D eigenvalue weighted by Gasteiger charge is -2.40. The maximum absolute atomic E-state index is 12.4. The van der Waals surface area contributed by atoms with Gasteiger partial charge in [0.15, 0.2) is 18.1 Å². The van der Waals surface area contributed by atoms with Gasteiger partial charge in [0.1, 0.15) is 5.54 Å². The first-order valence-corrected chi connectivity index (χ1v) is 7.77. The molecule has 0 bridgehead atoms. The van der Waals surface area contributed by atoms with Gasteiger partial charge in [-0.15, -0.1) is 0 Å². The predicted molar refractivity (Wildman–Crippen MR) is 84.7 cm³/mol. The fourth-order valence-corrected chi connectivity index (χ4v) is 3.04. The van der Waals surface area contributed by atoms with Crippen molar-refractivity contribution in [2.75, 3.05) is 20.8 Å². The molecule has 1 saturated carbocycles. The van der Waals surface area contributed by atoms with Crippen LogP contribution in [0.1, 0.15) is 32.1 Å². The van der Waals surface area contributed by atoms with Crippen molar-refractivity contribution in [2.45, 2.75) is 37.6 Å². The monoisotopic (exact) mass is 321 g/mol. The van der Waals surface area contributed by atoms with Gasteiger partial charge in [-0.05, 0) is 25.0 Å². The van der Waals surface area contributed by atoms with Gasteiger partial charge in [0.05, 0.1) is 7.11 Å². The first-order chi connectivity index (χ1) is 11.0. The van der Waals surface area contributed by atoms with Crippen molar-refractivity contribution in [1.82, 2.24) is 4.90 Å². The van der Waals surface area contributed by atoms with Gasteiger partial charge in [0.25, 0.3) is 5.91 Å². The van der Waals surface area contributed by atoms with Crippen molar-refractivity contribution in [3.63, 3.8) is 0 Å². The molecule has 6 nitrogen and oxygen atoms in total. The highest BCUT2D eigenvalue weighted by Crippen LogP contribution is 2.33. The van der Waals surface area contributed by atoms with E-state index >= 15 is 0 Å². The Bertz CT molecular complexity index is 566. The summed E-state index contributed by atoms with van der Waals surface area (Å²) in [4.78, 5) is 25.5. The van der Waals surface area contributed by atoms with E-state index in [4.69, 9.17) is 9.47 Å². The molecule has 2 rings (SSSR count). The van der Waals surface area contributed by atoms with Crippen LogP contribution < -0.4 is 9.47 Å². The fraction of sp³-hybridized carbons (Fsp3) is 0.529. The number of hydrogen-bond donors (Lipinski definition) is 1. The number of aliphatic carboxylic acids is 1. The molecule has 1 N–H and O–H groups in total. The van der Waals surface area contributed by atoms with E-state index in [0.717, 1.165) is 19.3 Å². The first kappa shape index (κ1) is 17.1. The maximum Gasteiger partial charge on any atom is 0.329 e. The molecule has 0 aromatic heterocycles. The number of ether oxygens (including phenoxy) is 2. The first-order valence-electron chi connectivity index (χ1n) is 7.77. The van der Waals surface area contributed by atoms with E-state index in [1.165, 1.54) is 12.0 Å². The average molecular weight is 321 g/mol. The number of nitrogens with zero attached hydrogens (tertiary/aromatic N) is 1. The number of carbonyl (C=O) groups excluding carboxylic acids is 1. The van der Waals surface area contributed by atoms with Crippen LogP contribution in [-0.2, 0) is 9.59 Å². The Hall–Kier alpha value is -2.24. The molecule has 0 spiro atoms. The van der Waals surface area contributed by atoms with E-state index in [-0.39, 0.29) is 12.5 Å². The lowest BCUT2D eigenvalue weighted by Crippen LogP contribution is -2.57. The van der Waals surface area contributed by atoms with Gasteiger partial charge in [0, 0.05) is 7.05 Å². The van der Waals surface area contributed by atoms with Crippen LogP contribution in [0.2, 0.25) is 0 Å². The molecule has 23 heavy (non-hydrogen) atoms. The largest absolute Gasteiger partial charge is 0.493 e. The molecule has 1 aliphatic rings. The lowest BCUT2D eigenvalue weighted by molar-refractivity contribution is -0.161. The van der Waals surface area contributed by atoms with Crippen molar-refractivity contribution in [2.24, 2.45) is 0 Å². The summed E-state index contributed by atoms with van der Waals surface area (Å²) in [6.07, 6.45) is 3.61. The second kappa shape index (κ2) is 7.35. The number of para-hydroxylation sites is 2. The Kier molecular flexibility index (Phi) is 5.47. The minimum atomic E-state index is -1.11. The Morgan fingerprint density at radius 1 is 1.17 bits per heavy atom. The van der Waals surface area contributed by atoms with Crippen molar-refractivity contribution < 1.29 is 24.2 Å². The van der Waals surface area contributed by atoms with Crippen LogP contribution in [0.4, 0.5) is 0 Å². The van der Waals surface area contributed by atoms with Crippen molar-refractivity contribution in [3.8, 4) is 11.5 Å². The van der Waals surface area contributed by atoms with E-state index in [0.29, 0.717) is 24.3 Å². The predicted octanol–water partition coefficient (Wildman–Crippen LogP) is 2.32. The van der Waals surface area contributed by atoms with E-state index in [1.807, 2.05) is 0 Å². The molecular weight excluding hydrogens is 298 g/mol. The highest BCUT2D eigenvalue weighted by atomic mass is 16.5. The summed E-state index contributed by atoms with van der Waals surface area (Å²) in [5.41, 5.74) is -1.11. The molecule has 0 unspecified atom stereocenters. The molecule has 126 valence electrons. The minimum Gasteiger partial charge on any atom is -0.493 e. The summed E-state index contributed by atoms with van der Waals surface area (Å²) in [5, 5.41) is 9.62. The number of amides is 1. The molecule has 1 aliphatic carbocycles. The van der Waals surface area contributed by atoms with Crippen LogP contribution in [-0.4, -0.2) is 48.2 Å². The van der Waals surface area contributed by atoms with Gasteiger partial charge in [-0.2, -0.15) is 0 Å². The third-order valence-electron chi connectivity index (χ3n) is 4.52. The van der Waals surface area contributed by atoms with Gasteiger partial charge in [-0.1, -0.05) is 31.4 Å². The topological polar surface area (TPSA) is 76.1 Å². The summed E-state index contributed by atoms with van der Waals surface area (Å²) in [5.74, 6) is -0.288. The van der Waals surface area contributed by atoms with E-state index in [9.17, 15) is 14.7 Å². The van der Waals surface area contributed by atoms with Gasteiger partial charge >= 0.3 is 5.97 Å². The highest BCUT2D eigenvalue weighted by molar-refractivity contribution is 5.87. The molecular formula is C17H23NO5. The Labute approximate surface area is 136 Å². The normalized spacial score (nSPS) is 16.4. The number of hydrogen-bond acceptors (Lipinski definition) is 4. The molecule has 1 fully saturated rings. The van der Waals surface area contributed by atoms with E-state index < -0.39 is 11.5 Å². The lowest BCUT2D eigenvalue weighted by atomic mass is 9.80. The standard InChI is InChI=1S/C17H23NO5/c1-18(17(16(20)21)10-6-3-7-11-17)15(19)12-23-14-9-5-4-8-13(14)22-2/h4-5,8-9H,3,6-7,10-12H2,1-2H3,(H,20,21). The SMILES string of the molecule is COc1ccccc1OCC(=O)N(C)C1(C(=O)O)CCCCC1. The van der Waals surface area contributed by atoms with Crippen LogP contribution in [0.3, 0.4) is 0 Å². The maximum atomic E-state index is 12.4. The molecule has 0 saturated heterocycles. The summed E-state index contributed by atoms with van der Waals surface area (Å²) < 4.78 is 10.7. The molecule has 0 heterocycles. The van der Waals surface area contributed by atoms with Crippen LogP contribution in [0, 0.1) is 0 Å². The zero-order chi connectivity index (χ0) is 16.9. The van der Waals surface area contributed by atoms with Gasteiger partial charge < -0.3 is 19.5 Å². The highest BCUT2D eigenvalue weighted by Gasteiger charge is 2.45. The molecule has 0 aliphatic heterocycles. The number of carboxylic acid groups (broad SMARTS) is 1. The number of rotatable bonds is 6. The molecule has 1 aromatic rings. The number of benzene rings is 1. The van der Waals surface area contributed by atoms with Crippen LogP contribution >= 0.6 is 0 Å². The molecule has 0 radical (unpaired) electrons. The zero-order valence-electron chi connectivity index (χ0n) is 13.6. The van der Waals surface area contributed by atoms with Gasteiger partial charge in [0.2, 0.25) is 0 Å².